The maximum Gasteiger partial charge on any atom is 0.354 e. The second kappa shape index (κ2) is 7.57. The number of allylic oxidation sites excluding steroid dienone is 3. The number of benzene rings is 1. The Morgan fingerprint density at radius 3 is 2.70 bits per heavy atom. The van der Waals surface area contributed by atoms with Crippen LogP contribution in [-0.4, -0.2) is 21.0 Å². The highest BCUT2D eigenvalue weighted by atomic mass is 16.4. The second-order valence-electron chi connectivity index (χ2n) is 5.85. The van der Waals surface area contributed by atoms with Gasteiger partial charge in [0.15, 0.2) is 5.69 Å². The zero-order valence-electron chi connectivity index (χ0n) is 14.3. The summed E-state index contributed by atoms with van der Waals surface area (Å²) in [7, 11) is 0. The highest BCUT2D eigenvalue weighted by molar-refractivity contribution is 5.95. The molecule has 2 heterocycles. The van der Waals surface area contributed by atoms with Crippen molar-refractivity contribution in [1.82, 2.24) is 9.97 Å². The van der Waals surface area contributed by atoms with E-state index in [1.807, 2.05) is 24.3 Å². The number of H-pyrrole nitrogens is 1. The van der Waals surface area contributed by atoms with E-state index in [0.29, 0.717) is 10.9 Å². The van der Waals surface area contributed by atoms with Crippen LogP contribution in [0.25, 0.3) is 16.6 Å². The minimum absolute atomic E-state index is 0.263. The summed E-state index contributed by atoms with van der Waals surface area (Å²) in [5, 5.41) is 9.19. The molecule has 1 aliphatic rings. The van der Waals surface area contributed by atoms with Gasteiger partial charge in [-0.3, -0.25) is 9.78 Å². The molecule has 0 saturated carbocycles. The first-order valence-corrected chi connectivity index (χ1v) is 8.19. The summed E-state index contributed by atoms with van der Waals surface area (Å²) in [6.45, 7) is 0. The molecule has 0 fully saturated rings. The molecule has 1 aliphatic carbocycles. The largest absolute Gasteiger partial charge is 0.477 e. The first-order chi connectivity index (χ1) is 13.0. The fourth-order valence-corrected chi connectivity index (χ4v) is 2.72. The second-order valence-corrected chi connectivity index (χ2v) is 5.85. The number of hydrogen-bond donors (Lipinski definition) is 4. The third-order valence-electron chi connectivity index (χ3n) is 4.08. The monoisotopic (exact) mass is 362 g/mol. The third-order valence-corrected chi connectivity index (χ3v) is 4.08. The van der Waals surface area contributed by atoms with E-state index in [2.05, 4.69) is 16.0 Å². The maximum atomic E-state index is 11.6. The van der Waals surface area contributed by atoms with Gasteiger partial charge in [0.25, 0.3) is 0 Å². The predicted octanol–water partition coefficient (Wildman–Crippen LogP) is 2.30. The van der Waals surface area contributed by atoms with Crippen molar-refractivity contribution in [2.75, 3.05) is 5.73 Å². The highest BCUT2D eigenvalue weighted by Crippen LogP contribution is 2.16. The topological polar surface area (TPSA) is 135 Å². The van der Waals surface area contributed by atoms with Gasteiger partial charge in [0.1, 0.15) is 5.69 Å². The number of carbonyl (C=O) groups is 1. The number of hydrogen-bond acceptors (Lipinski definition) is 5. The van der Waals surface area contributed by atoms with Crippen LogP contribution >= 0.6 is 0 Å². The lowest BCUT2D eigenvalue weighted by Crippen LogP contribution is -2.16. The molecule has 0 aliphatic heterocycles. The molecule has 3 aromatic rings. The fourth-order valence-electron chi connectivity index (χ4n) is 2.72. The van der Waals surface area contributed by atoms with Crippen LogP contribution in [0, 0.1) is 0 Å². The molecule has 0 atom stereocenters. The molecule has 0 amide bonds. The number of aromatic nitrogens is 2. The van der Waals surface area contributed by atoms with Crippen LogP contribution in [0.4, 0.5) is 5.69 Å². The summed E-state index contributed by atoms with van der Waals surface area (Å²) in [5.74, 6) is -1.24. The van der Waals surface area contributed by atoms with E-state index in [1.54, 1.807) is 30.5 Å². The number of nitrogen functional groups attached to an aromatic ring is 1. The van der Waals surface area contributed by atoms with E-state index in [0.717, 1.165) is 23.4 Å². The molecule has 7 nitrogen and oxygen atoms in total. The summed E-state index contributed by atoms with van der Waals surface area (Å²) in [6, 6.07) is 10.5. The molecule has 0 bridgehead atoms. The first-order valence-electron chi connectivity index (χ1n) is 8.19. The molecule has 4 rings (SSSR count). The van der Waals surface area contributed by atoms with Crippen LogP contribution in [0.3, 0.4) is 0 Å². The Morgan fingerprint density at radius 2 is 1.93 bits per heavy atom. The maximum absolute atomic E-state index is 11.6. The normalized spacial score (nSPS) is 12.4. The molecule has 27 heavy (non-hydrogen) atoms. The smallest absolute Gasteiger partial charge is 0.354 e. The standard InChI is InChI=1S/C10H8N2O3.C10H10N2/c11-7-8(10(14)15)12-6-4-2-1-3-5(6)9(7)13;11-9-5-1-2-6-10-8(9)4-3-7-12-10/h1-4H,11H2,(H,12,13)(H,14,15);1-5,7H,6,11H2. The third kappa shape index (κ3) is 3.72. The molecule has 7 heteroatoms. The zero-order chi connectivity index (χ0) is 19.4. The van der Waals surface area contributed by atoms with Crippen LogP contribution in [0.15, 0.2) is 65.6 Å². The van der Waals surface area contributed by atoms with Crippen LogP contribution in [-0.2, 0) is 6.42 Å². The van der Waals surface area contributed by atoms with Crippen molar-refractivity contribution in [2.24, 2.45) is 5.73 Å². The lowest BCUT2D eigenvalue weighted by molar-refractivity contribution is 0.0692. The lowest BCUT2D eigenvalue weighted by atomic mass is 10.1. The highest BCUT2D eigenvalue weighted by Gasteiger charge is 2.13. The fraction of sp³-hybridized carbons (Fsp3) is 0.0500. The Morgan fingerprint density at radius 1 is 1.15 bits per heavy atom. The van der Waals surface area contributed by atoms with Crippen molar-refractivity contribution in [3.8, 4) is 0 Å². The molecular weight excluding hydrogens is 344 g/mol. The van der Waals surface area contributed by atoms with Crippen molar-refractivity contribution in [1.29, 1.82) is 0 Å². The van der Waals surface area contributed by atoms with Gasteiger partial charge in [-0.15, -0.1) is 0 Å². The molecule has 0 unspecified atom stereocenters. The van der Waals surface area contributed by atoms with Crippen LogP contribution in [0.2, 0.25) is 0 Å². The lowest BCUT2D eigenvalue weighted by Gasteiger charge is -2.03. The average Bonchev–Trinajstić information content (AvgIpc) is 2.87. The SMILES string of the molecule is NC1=CC=CCc2ncccc21.Nc1c(C(=O)O)[nH]c2ccccc2c1=O. The summed E-state index contributed by atoms with van der Waals surface area (Å²) in [6.07, 6.45) is 8.61. The number of carboxylic acid groups (broad SMARTS) is 1. The van der Waals surface area contributed by atoms with Crippen LogP contribution in [0.1, 0.15) is 21.7 Å². The van der Waals surface area contributed by atoms with Gasteiger partial charge < -0.3 is 21.6 Å². The van der Waals surface area contributed by atoms with Gasteiger partial charge in [0.05, 0.1) is 11.2 Å². The van der Waals surface area contributed by atoms with E-state index in [1.165, 1.54) is 0 Å². The number of pyridine rings is 2. The van der Waals surface area contributed by atoms with Crippen molar-refractivity contribution >= 4 is 28.3 Å². The minimum Gasteiger partial charge on any atom is -0.477 e. The van der Waals surface area contributed by atoms with E-state index in [4.69, 9.17) is 16.6 Å². The molecule has 0 saturated heterocycles. The number of nitrogens with two attached hydrogens (primary N) is 2. The first kappa shape index (κ1) is 17.9. The molecule has 0 spiro atoms. The Kier molecular flexibility index (Phi) is 5.03. The van der Waals surface area contributed by atoms with E-state index in [9.17, 15) is 9.59 Å². The summed E-state index contributed by atoms with van der Waals surface area (Å²) in [4.78, 5) is 29.3. The average molecular weight is 362 g/mol. The van der Waals surface area contributed by atoms with Gasteiger partial charge in [-0.25, -0.2) is 4.79 Å². The summed E-state index contributed by atoms with van der Waals surface area (Å²) < 4.78 is 0. The van der Waals surface area contributed by atoms with Gasteiger partial charge in [0.2, 0.25) is 5.43 Å². The molecule has 136 valence electrons. The van der Waals surface area contributed by atoms with Gasteiger partial charge in [-0.05, 0) is 30.3 Å². The number of nitrogens with zero attached hydrogens (tertiary/aromatic N) is 1. The van der Waals surface area contributed by atoms with Crippen LogP contribution in [0.5, 0.6) is 0 Å². The quantitative estimate of drug-likeness (QED) is 0.524. The number of fused-ring (bicyclic) bond motifs is 2. The van der Waals surface area contributed by atoms with Crippen molar-refractivity contribution < 1.29 is 9.90 Å². The predicted molar refractivity (Wildman–Crippen MR) is 105 cm³/mol. The molecule has 0 radical (unpaired) electrons. The van der Waals surface area contributed by atoms with Crippen molar-refractivity contribution in [2.45, 2.75) is 6.42 Å². The van der Waals surface area contributed by atoms with Gasteiger partial charge >= 0.3 is 5.97 Å². The molecule has 6 N–H and O–H groups in total. The van der Waals surface area contributed by atoms with E-state index >= 15 is 0 Å². The number of rotatable bonds is 1. The Labute approximate surface area is 154 Å². The molecule has 1 aromatic carbocycles. The van der Waals surface area contributed by atoms with Crippen molar-refractivity contribution in [3.05, 3.63) is 88.0 Å². The van der Waals surface area contributed by atoms with Crippen molar-refractivity contribution in [3.63, 3.8) is 0 Å². The Bertz CT molecular complexity index is 1130. The van der Waals surface area contributed by atoms with E-state index in [-0.39, 0.29) is 11.4 Å². The number of aromatic amines is 1. The van der Waals surface area contributed by atoms with E-state index < -0.39 is 11.4 Å². The van der Waals surface area contributed by atoms with Gasteiger partial charge in [-0.1, -0.05) is 24.3 Å². The number of para-hydroxylation sites is 1. The molecule has 2 aromatic heterocycles. The minimum atomic E-state index is -1.24. The van der Waals surface area contributed by atoms with Gasteiger partial charge in [0, 0.05) is 29.3 Å². The molecular formula is C20H18N4O3. The summed E-state index contributed by atoms with van der Waals surface area (Å²) in [5.41, 5.74) is 13.6. The van der Waals surface area contributed by atoms with Crippen LogP contribution < -0.4 is 16.9 Å². The zero-order valence-corrected chi connectivity index (χ0v) is 14.3. The van der Waals surface area contributed by atoms with Gasteiger partial charge in [-0.2, -0.15) is 0 Å². The number of nitrogens with one attached hydrogen (secondary N) is 1. The number of carboxylic acids is 1. The summed E-state index contributed by atoms with van der Waals surface area (Å²) >= 11 is 0. The number of anilines is 1. The Hall–Kier alpha value is -3.87. The number of aromatic carboxylic acids is 1. The Balaban J connectivity index is 0.000000159.